The summed E-state index contributed by atoms with van der Waals surface area (Å²) in [4.78, 5) is 30.2. The lowest BCUT2D eigenvalue weighted by Gasteiger charge is -2.32. The summed E-state index contributed by atoms with van der Waals surface area (Å²) in [6, 6.07) is 14.4. The molecule has 33 heavy (non-hydrogen) atoms. The molecule has 5 rings (SSSR count). The fraction of sp³-hybridized carbons (Fsp3) is 0.481. The normalized spacial score (nSPS) is 26.7. The number of hydrogen-bond donors (Lipinski definition) is 1. The number of morpholine rings is 1. The second kappa shape index (κ2) is 9.65. The molecule has 1 N–H and O–H groups in total. The van der Waals surface area contributed by atoms with Gasteiger partial charge in [0.1, 0.15) is 0 Å². The molecule has 6 nitrogen and oxygen atoms in total. The highest BCUT2D eigenvalue weighted by atomic mass is 16.5. The summed E-state index contributed by atoms with van der Waals surface area (Å²) in [7, 11) is 0. The first-order valence-electron chi connectivity index (χ1n) is 12.1. The zero-order valence-corrected chi connectivity index (χ0v) is 18.9. The van der Waals surface area contributed by atoms with Gasteiger partial charge < -0.3 is 14.7 Å². The van der Waals surface area contributed by atoms with Gasteiger partial charge in [-0.2, -0.15) is 0 Å². The van der Waals surface area contributed by atoms with Crippen LogP contribution >= 0.6 is 0 Å². The van der Waals surface area contributed by atoms with E-state index in [2.05, 4.69) is 35.2 Å². The van der Waals surface area contributed by atoms with E-state index in [9.17, 15) is 14.7 Å². The molecule has 2 bridgehead atoms. The van der Waals surface area contributed by atoms with E-state index in [0.717, 1.165) is 62.0 Å². The number of hydrogen-bond acceptors (Lipinski definition) is 4. The van der Waals surface area contributed by atoms with Gasteiger partial charge in [0.15, 0.2) is 0 Å². The molecule has 0 spiro atoms. The van der Waals surface area contributed by atoms with E-state index in [0.29, 0.717) is 13.1 Å². The topological polar surface area (TPSA) is 70.1 Å². The number of carbonyl (C=O) groups is 2. The fourth-order valence-corrected chi connectivity index (χ4v) is 5.92. The first-order valence-corrected chi connectivity index (χ1v) is 12.1. The third-order valence-electron chi connectivity index (χ3n) is 7.59. The number of aliphatic carboxylic acids is 1. The van der Waals surface area contributed by atoms with Gasteiger partial charge in [-0.25, -0.2) is 0 Å². The van der Waals surface area contributed by atoms with Crippen LogP contribution in [0.25, 0.3) is 10.8 Å². The Balaban J connectivity index is 1.37. The summed E-state index contributed by atoms with van der Waals surface area (Å²) in [5, 5.41) is 12.2. The van der Waals surface area contributed by atoms with Gasteiger partial charge in [-0.1, -0.05) is 54.6 Å². The molecule has 3 aliphatic rings. The molecule has 4 atom stereocenters. The van der Waals surface area contributed by atoms with Crippen LogP contribution in [0.2, 0.25) is 0 Å². The lowest BCUT2D eigenvalue weighted by Crippen LogP contribution is -2.44. The Morgan fingerprint density at radius 2 is 1.73 bits per heavy atom. The van der Waals surface area contributed by atoms with Crippen molar-refractivity contribution in [1.29, 1.82) is 0 Å². The van der Waals surface area contributed by atoms with Crippen molar-refractivity contribution < 1.29 is 19.4 Å². The van der Waals surface area contributed by atoms with Crippen molar-refractivity contribution in [3.63, 3.8) is 0 Å². The predicted octanol–water partition coefficient (Wildman–Crippen LogP) is 3.41. The number of carboxylic acid groups (broad SMARTS) is 1. The summed E-state index contributed by atoms with van der Waals surface area (Å²) < 4.78 is 5.45. The first-order chi connectivity index (χ1) is 16.1. The van der Waals surface area contributed by atoms with Crippen molar-refractivity contribution in [2.75, 3.05) is 39.4 Å². The van der Waals surface area contributed by atoms with Crippen LogP contribution in [0.1, 0.15) is 18.4 Å². The van der Waals surface area contributed by atoms with Gasteiger partial charge in [0.05, 0.1) is 25.0 Å². The Labute approximate surface area is 194 Å². The molecule has 0 aromatic heterocycles. The number of carboxylic acids is 1. The van der Waals surface area contributed by atoms with Crippen molar-refractivity contribution in [2.45, 2.75) is 19.4 Å². The van der Waals surface area contributed by atoms with E-state index < -0.39 is 17.8 Å². The summed E-state index contributed by atoms with van der Waals surface area (Å²) in [5.74, 6) is -1.90. The van der Waals surface area contributed by atoms with Crippen molar-refractivity contribution in [3.05, 3.63) is 60.2 Å². The molecule has 6 heteroatoms. The molecular weight excluding hydrogens is 416 g/mol. The Kier molecular flexibility index (Phi) is 6.47. The largest absolute Gasteiger partial charge is 0.481 e. The first kappa shape index (κ1) is 22.1. The quantitative estimate of drug-likeness (QED) is 0.627. The minimum atomic E-state index is -0.844. The zero-order valence-electron chi connectivity index (χ0n) is 18.9. The number of nitrogens with zero attached hydrogens (tertiary/aromatic N) is 2. The molecule has 2 aromatic rings. The Bertz CT molecular complexity index is 1040. The van der Waals surface area contributed by atoms with Crippen LogP contribution in [-0.4, -0.2) is 66.2 Å². The molecule has 1 aliphatic heterocycles. The lowest BCUT2D eigenvalue weighted by molar-refractivity contribution is -0.151. The standard InChI is InChI=1S/C27H32N2O4/c30-26(24-20-9-10-21(17-20)25(24)27(31)32)29(12-4-11-28-13-15-33-16-14-28)18-22-7-3-6-19-5-1-2-8-23(19)22/h1-3,5-10,20-21,24-25H,4,11-18H2,(H,31,32). The zero-order chi connectivity index (χ0) is 22.8. The summed E-state index contributed by atoms with van der Waals surface area (Å²) in [6.07, 6.45) is 5.71. The highest BCUT2D eigenvalue weighted by molar-refractivity contribution is 5.88. The Hall–Kier alpha value is -2.70. The van der Waals surface area contributed by atoms with Crippen LogP contribution in [0.3, 0.4) is 0 Å². The second-order valence-electron chi connectivity index (χ2n) is 9.54. The van der Waals surface area contributed by atoms with Crippen LogP contribution in [0.15, 0.2) is 54.6 Å². The number of ether oxygens (including phenoxy) is 1. The lowest BCUT2D eigenvalue weighted by atomic mass is 9.82. The van der Waals surface area contributed by atoms with Gasteiger partial charge in [-0.05, 0) is 41.0 Å². The molecule has 1 saturated heterocycles. The van der Waals surface area contributed by atoms with E-state index in [1.54, 1.807) is 0 Å². The summed E-state index contributed by atoms with van der Waals surface area (Å²) in [5.41, 5.74) is 1.11. The number of amides is 1. The Morgan fingerprint density at radius 3 is 2.52 bits per heavy atom. The van der Waals surface area contributed by atoms with Crippen LogP contribution in [-0.2, 0) is 20.9 Å². The minimum Gasteiger partial charge on any atom is -0.481 e. The third-order valence-corrected chi connectivity index (χ3v) is 7.59. The van der Waals surface area contributed by atoms with Crippen LogP contribution in [0, 0.1) is 23.7 Å². The van der Waals surface area contributed by atoms with Crippen molar-refractivity contribution in [3.8, 4) is 0 Å². The molecule has 1 saturated carbocycles. The molecule has 4 unspecified atom stereocenters. The number of carbonyl (C=O) groups excluding carboxylic acids is 1. The smallest absolute Gasteiger partial charge is 0.307 e. The maximum absolute atomic E-state index is 13.9. The number of allylic oxidation sites excluding steroid dienone is 2. The Morgan fingerprint density at radius 1 is 1.00 bits per heavy atom. The molecule has 174 valence electrons. The van der Waals surface area contributed by atoms with Crippen molar-refractivity contribution >= 4 is 22.6 Å². The van der Waals surface area contributed by atoms with Crippen LogP contribution in [0.5, 0.6) is 0 Å². The fourth-order valence-electron chi connectivity index (χ4n) is 5.92. The van der Waals surface area contributed by atoms with E-state index in [1.807, 2.05) is 29.2 Å². The van der Waals surface area contributed by atoms with Crippen LogP contribution in [0.4, 0.5) is 0 Å². The van der Waals surface area contributed by atoms with Gasteiger partial charge in [0.2, 0.25) is 5.91 Å². The highest BCUT2D eigenvalue weighted by Crippen LogP contribution is 2.49. The number of fused-ring (bicyclic) bond motifs is 3. The SMILES string of the molecule is O=C(O)C1C2C=CC(C2)C1C(=O)N(CCCN1CCOCC1)Cc1cccc2ccccc12. The highest BCUT2D eigenvalue weighted by Gasteiger charge is 2.52. The molecule has 1 amide bonds. The summed E-state index contributed by atoms with van der Waals surface area (Å²) in [6.45, 7) is 5.43. The second-order valence-corrected chi connectivity index (χ2v) is 9.54. The molecule has 2 fully saturated rings. The van der Waals surface area contributed by atoms with Gasteiger partial charge in [0.25, 0.3) is 0 Å². The average Bonchev–Trinajstić information content (AvgIpc) is 3.46. The number of rotatable bonds is 8. The maximum Gasteiger partial charge on any atom is 0.307 e. The predicted molar refractivity (Wildman–Crippen MR) is 127 cm³/mol. The monoisotopic (exact) mass is 448 g/mol. The van der Waals surface area contributed by atoms with Crippen LogP contribution < -0.4 is 0 Å². The molecule has 2 aromatic carbocycles. The number of benzene rings is 2. The van der Waals surface area contributed by atoms with Crippen molar-refractivity contribution in [1.82, 2.24) is 9.80 Å². The minimum absolute atomic E-state index is 0.00541. The molecular formula is C27H32N2O4. The van der Waals surface area contributed by atoms with E-state index >= 15 is 0 Å². The van der Waals surface area contributed by atoms with E-state index in [-0.39, 0.29) is 17.7 Å². The van der Waals surface area contributed by atoms with Gasteiger partial charge in [-0.15, -0.1) is 0 Å². The van der Waals surface area contributed by atoms with E-state index in [4.69, 9.17) is 4.74 Å². The van der Waals surface area contributed by atoms with Gasteiger partial charge in [0, 0.05) is 32.7 Å². The maximum atomic E-state index is 13.9. The molecule has 2 aliphatic carbocycles. The van der Waals surface area contributed by atoms with Gasteiger partial charge in [-0.3, -0.25) is 14.5 Å². The van der Waals surface area contributed by atoms with Crippen molar-refractivity contribution in [2.24, 2.45) is 23.7 Å². The summed E-state index contributed by atoms with van der Waals surface area (Å²) >= 11 is 0. The van der Waals surface area contributed by atoms with E-state index in [1.165, 1.54) is 0 Å². The molecule has 0 radical (unpaired) electrons. The third kappa shape index (κ3) is 4.55. The average molecular weight is 449 g/mol. The molecule has 1 heterocycles. The van der Waals surface area contributed by atoms with Gasteiger partial charge >= 0.3 is 5.97 Å².